The van der Waals surface area contributed by atoms with E-state index in [1.165, 1.54) is 12.1 Å². The summed E-state index contributed by atoms with van der Waals surface area (Å²) < 4.78 is 37.3. The van der Waals surface area contributed by atoms with Crippen molar-refractivity contribution >= 4 is 6.98 Å². The predicted molar refractivity (Wildman–Crippen MR) is 51.5 cm³/mol. The number of halogens is 3. The fraction of sp³-hybridized carbons (Fsp3) is 0.250. The van der Waals surface area contributed by atoms with Crippen molar-refractivity contribution in [2.75, 3.05) is 0 Å². The van der Waals surface area contributed by atoms with Crippen LogP contribution >= 0.6 is 0 Å². The maximum absolute atomic E-state index is 12.2. The van der Waals surface area contributed by atoms with Crippen molar-refractivity contribution in [1.29, 1.82) is 0 Å². The molecule has 0 aromatic carbocycles. The van der Waals surface area contributed by atoms with Gasteiger partial charge >= 0.3 is 58.4 Å². The summed E-state index contributed by atoms with van der Waals surface area (Å²) in [5, 5.41) is 3.68. The average molecular weight is 256 g/mol. The normalized spacial score (nSPS) is 10.8. The van der Waals surface area contributed by atoms with E-state index >= 15 is 0 Å². The standard InChI is InChI=1S/C8H9BF3N2O.K/c1-6(9(10,11)12)5-14-8(15)4-3-7(2)13-14;/h3-4H,1,5H2,2H3;/q-1;+1. The molecule has 0 unspecified atom stereocenters. The number of hydrogen-bond acceptors (Lipinski definition) is 2. The molecule has 1 heterocycles. The molecular formula is C8H9BF3KN2O. The second kappa shape index (κ2) is 6.15. The number of hydrogen-bond donors (Lipinski definition) is 0. The summed E-state index contributed by atoms with van der Waals surface area (Å²) in [5.41, 5.74) is -1.02. The van der Waals surface area contributed by atoms with Crippen LogP contribution in [0.2, 0.25) is 0 Å². The number of aryl methyl sites for hydroxylation is 1. The fourth-order valence-corrected chi connectivity index (χ4v) is 0.960. The maximum atomic E-state index is 12.2. The van der Waals surface area contributed by atoms with Crippen molar-refractivity contribution in [3.8, 4) is 0 Å². The third-order valence-electron chi connectivity index (χ3n) is 1.82. The first-order chi connectivity index (χ1) is 6.80. The minimum absolute atomic E-state index is 0. The minimum Gasteiger partial charge on any atom is -0.445 e. The zero-order chi connectivity index (χ0) is 11.6. The Morgan fingerprint density at radius 2 is 2.06 bits per heavy atom. The van der Waals surface area contributed by atoms with Crippen LogP contribution in [0.1, 0.15) is 5.69 Å². The summed E-state index contributed by atoms with van der Waals surface area (Å²) in [5.74, 6) is 0. The fourth-order valence-electron chi connectivity index (χ4n) is 0.960. The van der Waals surface area contributed by atoms with Gasteiger partial charge in [-0.25, -0.2) is 4.68 Å². The van der Waals surface area contributed by atoms with Gasteiger partial charge in [0.15, 0.2) is 0 Å². The SMILES string of the molecule is C=C(Cn1nc(C)ccc1=O)[B-](F)(F)F.[K+]. The van der Waals surface area contributed by atoms with E-state index < -0.39 is 24.6 Å². The second-order valence-corrected chi connectivity index (χ2v) is 3.20. The summed E-state index contributed by atoms with van der Waals surface area (Å²) in [6, 6.07) is 2.62. The largest absolute Gasteiger partial charge is 1.00 e. The van der Waals surface area contributed by atoms with E-state index in [0.29, 0.717) is 5.69 Å². The zero-order valence-corrected chi connectivity index (χ0v) is 12.2. The van der Waals surface area contributed by atoms with Crippen molar-refractivity contribution in [3.05, 3.63) is 40.2 Å². The van der Waals surface area contributed by atoms with Crippen molar-refractivity contribution in [2.45, 2.75) is 13.5 Å². The third kappa shape index (κ3) is 4.54. The molecule has 0 saturated heterocycles. The van der Waals surface area contributed by atoms with Gasteiger partial charge in [-0.15, -0.1) is 12.1 Å². The van der Waals surface area contributed by atoms with E-state index in [4.69, 9.17) is 0 Å². The van der Waals surface area contributed by atoms with Crippen LogP contribution in [-0.2, 0) is 6.54 Å². The monoisotopic (exact) mass is 256 g/mol. The summed E-state index contributed by atoms with van der Waals surface area (Å²) in [4.78, 5) is 11.1. The van der Waals surface area contributed by atoms with Gasteiger partial charge in [-0.3, -0.25) is 4.79 Å². The molecule has 3 nitrogen and oxygen atoms in total. The van der Waals surface area contributed by atoms with Crippen molar-refractivity contribution in [3.63, 3.8) is 0 Å². The molecule has 0 aliphatic carbocycles. The topological polar surface area (TPSA) is 34.9 Å². The van der Waals surface area contributed by atoms with Gasteiger partial charge in [-0.2, -0.15) is 5.10 Å². The number of rotatable bonds is 3. The molecule has 0 N–H and O–H groups in total. The Kier molecular flexibility index (Phi) is 6.20. The van der Waals surface area contributed by atoms with Gasteiger partial charge in [0.1, 0.15) is 0 Å². The minimum atomic E-state index is -5.12. The van der Waals surface area contributed by atoms with Gasteiger partial charge in [0.25, 0.3) is 5.56 Å². The van der Waals surface area contributed by atoms with Crippen LogP contribution in [-0.4, -0.2) is 16.8 Å². The molecule has 1 aromatic rings. The maximum Gasteiger partial charge on any atom is 1.00 e. The van der Waals surface area contributed by atoms with E-state index in [-0.39, 0.29) is 51.4 Å². The molecule has 8 heteroatoms. The van der Waals surface area contributed by atoms with E-state index in [2.05, 4.69) is 11.7 Å². The summed E-state index contributed by atoms with van der Waals surface area (Å²) >= 11 is 0. The molecule has 0 amide bonds. The molecule has 0 spiro atoms. The first-order valence-electron chi connectivity index (χ1n) is 4.23. The molecule has 82 valence electrons. The van der Waals surface area contributed by atoms with Gasteiger partial charge in [0, 0.05) is 12.6 Å². The predicted octanol–water partition coefficient (Wildman–Crippen LogP) is -1.50. The van der Waals surface area contributed by atoms with Crippen LogP contribution in [0.4, 0.5) is 12.9 Å². The molecular weight excluding hydrogens is 247 g/mol. The number of allylic oxidation sites excluding steroid dienone is 1. The Hall–Kier alpha value is 0.111. The first-order valence-corrected chi connectivity index (χ1v) is 4.23. The van der Waals surface area contributed by atoms with Crippen molar-refractivity contribution in [2.24, 2.45) is 0 Å². The Labute approximate surface area is 133 Å². The molecule has 0 radical (unpaired) electrons. The molecule has 0 aliphatic heterocycles. The molecule has 16 heavy (non-hydrogen) atoms. The van der Waals surface area contributed by atoms with Crippen LogP contribution in [0, 0.1) is 6.92 Å². The molecule has 0 atom stereocenters. The van der Waals surface area contributed by atoms with Crippen LogP contribution in [0.15, 0.2) is 29.0 Å². The first kappa shape index (κ1) is 16.1. The number of aromatic nitrogens is 2. The van der Waals surface area contributed by atoms with Crippen molar-refractivity contribution < 1.29 is 64.3 Å². The Morgan fingerprint density at radius 3 is 2.56 bits per heavy atom. The Balaban J connectivity index is 0.00000225. The number of nitrogens with zero attached hydrogens (tertiary/aromatic N) is 2. The van der Waals surface area contributed by atoms with E-state index in [9.17, 15) is 17.7 Å². The van der Waals surface area contributed by atoms with Crippen LogP contribution in [0.5, 0.6) is 0 Å². The molecule has 0 fully saturated rings. The van der Waals surface area contributed by atoms with Gasteiger partial charge < -0.3 is 12.9 Å². The van der Waals surface area contributed by atoms with Gasteiger partial charge in [0.05, 0.1) is 5.69 Å². The third-order valence-corrected chi connectivity index (χ3v) is 1.82. The zero-order valence-electron chi connectivity index (χ0n) is 9.08. The van der Waals surface area contributed by atoms with Gasteiger partial charge in [0.2, 0.25) is 0 Å². The smallest absolute Gasteiger partial charge is 0.445 e. The summed E-state index contributed by atoms with van der Waals surface area (Å²) in [7, 11) is 0. The Morgan fingerprint density at radius 1 is 1.50 bits per heavy atom. The molecule has 0 bridgehead atoms. The van der Waals surface area contributed by atoms with Crippen LogP contribution < -0.4 is 56.9 Å². The summed E-state index contributed by atoms with van der Waals surface area (Å²) in [6.07, 6.45) is 0. The van der Waals surface area contributed by atoms with E-state index in [1.54, 1.807) is 6.92 Å². The van der Waals surface area contributed by atoms with E-state index in [1.807, 2.05) is 0 Å². The average Bonchev–Trinajstić information content (AvgIpc) is 2.09. The Bertz CT molecular complexity index is 444. The molecule has 1 aromatic heterocycles. The second-order valence-electron chi connectivity index (χ2n) is 3.20. The summed E-state index contributed by atoms with van der Waals surface area (Å²) in [6.45, 7) is -1.23. The molecule has 1 rings (SSSR count). The van der Waals surface area contributed by atoms with Crippen molar-refractivity contribution in [1.82, 2.24) is 9.78 Å². The molecule has 0 aliphatic rings. The molecule has 0 saturated carbocycles. The quantitative estimate of drug-likeness (QED) is 0.617. The van der Waals surface area contributed by atoms with Gasteiger partial charge in [-0.1, -0.05) is 0 Å². The van der Waals surface area contributed by atoms with E-state index in [0.717, 1.165) is 4.68 Å². The van der Waals surface area contributed by atoms with Crippen LogP contribution in [0.25, 0.3) is 0 Å². The van der Waals surface area contributed by atoms with Crippen LogP contribution in [0.3, 0.4) is 0 Å². The van der Waals surface area contributed by atoms with Gasteiger partial charge in [-0.05, 0) is 13.0 Å².